The van der Waals surface area contributed by atoms with Crippen molar-refractivity contribution in [2.75, 3.05) is 24.2 Å². The quantitative estimate of drug-likeness (QED) is 0.598. The summed E-state index contributed by atoms with van der Waals surface area (Å²) in [5, 5.41) is 3.24. The summed E-state index contributed by atoms with van der Waals surface area (Å²) >= 11 is 5.14. The van der Waals surface area contributed by atoms with Gasteiger partial charge in [-0.2, -0.15) is 0 Å². The molecule has 2 aromatic rings. The zero-order chi connectivity index (χ0) is 15.2. The van der Waals surface area contributed by atoms with E-state index in [9.17, 15) is 4.79 Å². The van der Waals surface area contributed by atoms with Gasteiger partial charge in [-0.25, -0.2) is 4.79 Å². The van der Waals surface area contributed by atoms with Gasteiger partial charge in [-0.1, -0.05) is 6.07 Å². The topological polar surface area (TPSA) is 64.3 Å². The van der Waals surface area contributed by atoms with Gasteiger partial charge in [0.15, 0.2) is 0 Å². The van der Waals surface area contributed by atoms with Crippen LogP contribution in [0, 0.1) is 0 Å². The Bertz CT molecular complexity index is 628. The second-order valence-electron chi connectivity index (χ2n) is 4.37. The maximum atomic E-state index is 11.9. The van der Waals surface area contributed by atoms with Crippen molar-refractivity contribution < 1.29 is 9.53 Å². The van der Waals surface area contributed by atoms with E-state index in [0.29, 0.717) is 30.1 Å². The number of benzene rings is 1. The molecular formula is C15H17BrN2O2S. The highest BCUT2D eigenvalue weighted by molar-refractivity contribution is 9.11. The molecule has 21 heavy (non-hydrogen) atoms. The molecule has 0 aliphatic carbocycles. The number of hydrogen-bond donors (Lipinski definition) is 2. The predicted molar refractivity (Wildman–Crippen MR) is 91.0 cm³/mol. The molecule has 0 amide bonds. The van der Waals surface area contributed by atoms with Gasteiger partial charge in [-0.3, -0.25) is 0 Å². The predicted octanol–water partition coefficient (Wildman–Crippen LogP) is 3.92. The molecule has 0 fully saturated rings. The van der Waals surface area contributed by atoms with Crippen LogP contribution in [0.25, 0.3) is 0 Å². The summed E-state index contributed by atoms with van der Waals surface area (Å²) in [5.41, 5.74) is 7.63. The van der Waals surface area contributed by atoms with E-state index < -0.39 is 0 Å². The molecule has 4 nitrogen and oxygen atoms in total. The van der Waals surface area contributed by atoms with Gasteiger partial charge in [0.2, 0.25) is 0 Å². The average molecular weight is 369 g/mol. The number of nitrogens with two attached hydrogens (primary N) is 1. The van der Waals surface area contributed by atoms with Crippen molar-refractivity contribution in [2.45, 2.75) is 13.3 Å². The van der Waals surface area contributed by atoms with Crippen molar-refractivity contribution in [1.29, 1.82) is 0 Å². The molecule has 0 atom stereocenters. The second kappa shape index (κ2) is 7.47. The van der Waals surface area contributed by atoms with Crippen molar-refractivity contribution in [3.8, 4) is 0 Å². The van der Waals surface area contributed by atoms with Crippen LogP contribution in [-0.2, 0) is 11.2 Å². The SMILES string of the molecule is CCOC(=O)c1cccc(N)c1NCCc1ccc(Br)s1. The molecule has 112 valence electrons. The van der Waals surface area contributed by atoms with Crippen LogP contribution in [0.1, 0.15) is 22.2 Å². The monoisotopic (exact) mass is 368 g/mol. The molecule has 0 bridgehead atoms. The molecule has 0 aliphatic heterocycles. The third-order valence-corrected chi connectivity index (χ3v) is 4.58. The molecule has 0 radical (unpaired) electrons. The minimum atomic E-state index is -0.355. The average Bonchev–Trinajstić information content (AvgIpc) is 2.86. The van der Waals surface area contributed by atoms with E-state index in [1.807, 2.05) is 6.07 Å². The summed E-state index contributed by atoms with van der Waals surface area (Å²) in [5.74, 6) is -0.355. The first-order chi connectivity index (χ1) is 10.1. The van der Waals surface area contributed by atoms with Crippen LogP contribution in [0.2, 0.25) is 0 Å². The zero-order valence-corrected chi connectivity index (χ0v) is 14.1. The first kappa shape index (κ1) is 15.9. The highest BCUT2D eigenvalue weighted by atomic mass is 79.9. The van der Waals surface area contributed by atoms with Crippen molar-refractivity contribution >= 4 is 44.6 Å². The van der Waals surface area contributed by atoms with Gasteiger partial charge in [-0.05, 0) is 53.5 Å². The van der Waals surface area contributed by atoms with Gasteiger partial charge >= 0.3 is 5.97 Å². The number of esters is 1. The lowest BCUT2D eigenvalue weighted by atomic mass is 10.1. The maximum absolute atomic E-state index is 11.9. The lowest BCUT2D eigenvalue weighted by Crippen LogP contribution is -2.13. The van der Waals surface area contributed by atoms with Gasteiger partial charge in [0, 0.05) is 11.4 Å². The van der Waals surface area contributed by atoms with Crippen molar-refractivity contribution in [3.05, 3.63) is 44.6 Å². The Labute approximate surface area is 136 Å². The third kappa shape index (κ3) is 4.22. The number of halogens is 1. The highest BCUT2D eigenvalue weighted by Crippen LogP contribution is 2.25. The Balaban J connectivity index is 2.06. The lowest BCUT2D eigenvalue weighted by Gasteiger charge is -2.13. The number of carbonyl (C=O) groups is 1. The smallest absolute Gasteiger partial charge is 0.340 e. The number of hydrogen-bond acceptors (Lipinski definition) is 5. The van der Waals surface area contributed by atoms with Crippen LogP contribution >= 0.6 is 27.3 Å². The van der Waals surface area contributed by atoms with E-state index in [1.165, 1.54) is 4.88 Å². The Hall–Kier alpha value is -1.53. The maximum Gasteiger partial charge on any atom is 0.340 e. The van der Waals surface area contributed by atoms with Gasteiger partial charge < -0.3 is 15.8 Å². The van der Waals surface area contributed by atoms with Crippen molar-refractivity contribution in [3.63, 3.8) is 0 Å². The number of anilines is 2. The number of ether oxygens (including phenoxy) is 1. The number of nitrogens with one attached hydrogen (secondary N) is 1. The molecule has 3 N–H and O–H groups in total. The van der Waals surface area contributed by atoms with Crippen LogP contribution in [0.5, 0.6) is 0 Å². The molecule has 1 aromatic heterocycles. The van der Waals surface area contributed by atoms with Crippen LogP contribution in [0.4, 0.5) is 11.4 Å². The number of rotatable bonds is 6. The fraction of sp³-hybridized carbons (Fsp3) is 0.267. The summed E-state index contributed by atoms with van der Waals surface area (Å²) in [6.07, 6.45) is 0.868. The van der Waals surface area contributed by atoms with Gasteiger partial charge in [0.25, 0.3) is 0 Å². The molecule has 0 spiro atoms. The first-order valence-corrected chi connectivity index (χ1v) is 8.26. The molecule has 0 saturated carbocycles. The molecule has 0 aliphatic rings. The van der Waals surface area contributed by atoms with E-state index in [1.54, 1.807) is 36.5 Å². The summed E-state index contributed by atoms with van der Waals surface area (Å²) in [6.45, 7) is 2.83. The Morgan fingerprint density at radius 3 is 2.86 bits per heavy atom. The summed E-state index contributed by atoms with van der Waals surface area (Å²) in [6, 6.07) is 9.35. The minimum Gasteiger partial charge on any atom is -0.462 e. The van der Waals surface area contributed by atoms with E-state index in [-0.39, 0.29) is 5.97 Å². The highest BCUT2D eigenvalue weighted by Gasteiger charge is 2.14. The normalized spacial score (nSPS) is 10.4. The van der Waals surface area contributed by atoms with Crippen molar-refractivity contribution in [2.24, 2.45) is 0 Å². The van der Waals surface area contributed by atoms with Crippen LogP contribution in [0.15, 0.2) is 34.1 Å². The number of thiophene rings is 1. The van der Waals surface area contributed by atoms with E-state index in [0.717, 1.165) is 10.2 Å². The van der Waals surface area contributed by atoms with Gasteiger partial charge in [0.05, 0.1) is 27.3 Å². The molecular weight excluding hydrogens is 352 g/mol. The van der Waals surface area contributed by atoms with Gasteiger partial charge in [0.1, 0.15) is 0 Å². The van der Waals surface area contributed by atoms with E-state index >= 15 is 0 Å². The standard InChI is InChI=1S/C15H17BrN2O2S/c1-2-20-15(19)11-4-3-5-12(17)14(11)18-9-8-10-6-7-13(16)21-10/h3-7,18H,2,8-9,17H2,1H3. The number of carbonyl (C=O) groups excluding carboxylic acids is 1. The van der Waals surface area contributed by atoms with Crippen LogP contribution in [-0.4, -0.2) is 19.1 Å². The minimum absolute atomic E-state index is 0.344. The van der Waals surface area contributed by atoms with E-state index in [4.69, 9.17) is 10.5 Å². The third-order valence-electron chi connectivity index (χ3n) is 2.89. The Morgan fingerprint density at radius 2 is 2.19 bits per heavy atom. The molecule has 1 heterocycles. The fourth-order valence-corrected chi connectivity index (χ4v) is 3.43. The number of para-hydroxylation sites is 1. The molecule has 2 rings (SSSR count). The van der Waals surface area contributed by atoms with Gasteiger partial charge in [-0.15, -0.1) is 11.3 Å². The zero-order valence-electron chi connectivity index (χ0n) is 11.7. The molecule has 6 heteroatoms. The van der Waals surface area contributed by atoms with E-state index in [2.05, 4.69) is 27.3 Å². The summed E-state index contributed by atoms with van der Waals surface area (Å²) in [7, 11) is 0. The molecule has 0 unspecified atom stereocenters. The summed E-state index contributed by atoms with van der Waals surface area (Å²) in [4.78, 5) is 13.2. The molecule has 0 saturated heterocycles. The first-order valence-electron chi connectivity index (χ1n) is 6.65. The Morgan fingerprint density at radius 1 is 1.38 bits per heavy atom. The van der Waals surface area contributed by atoms with Crippen LogP contribution < -0.4 is 11.1 Å². The Kier molecular flexibility index (Phi) is 5.64. The largest absolute Gasteiger partial charge is 0.462 e. The van der Waals surface area contributed by atoms with Crippen LogP contribution in [0.3, 0.4) is 0 Å². The molecule has 1 aromatic carbocycles. The number of nitrogen functional groups attached to an aromatic ring is 1. The summed E-state index contributed by atoms with van der Waals surface area (Å²) < 4.78 is 6.17. The lowest BCUT2D eigenvalue weighted by molar-refractivity contribution is 0.0527. The second-order valence-corrected chi connectivity index (χ2v) is 6.92. The fourth-order valence-electron chi connectivity index (χ4n) is 1.94. The van der Waals surface area contributed by atoms with Crippen molar-refractivity contribution in [1.82, 2.24) is 0 Å².